The fourth-order valence-corrected chi connectivity index (χ4v) is 2.86. The van der Waals surface area contributed by atoms with E-state index in [9.17, 15) is 9.90 Å². The van der Waals surface area contributed by atoms with Gasteiger partial charge in [0.25, 0.3) is 5.91 Å². The Morgan fingerprint density at radius 2 is 1.85 bits per heavy atom. The van der Waals surface area contributed by atoms with Crippen molar-refractivity contribution in [2.75, 3.05) is 6.54 Å². The second kappa shape index (κ2) is 7.54. The van der Waals surface area contributed by atoms with E-state index in [0.717, 1.165) is 11.1 Å². The van der Waals surface area contributed by atoms with Crippen LogP contribution in [0.3, 0.4) is 0 Å². The molecule has 3 rings (SSSR count). The molecule has 0 aliphatic rings. The Morgan fingerprint density at radius 1 is 1.15 bits per heavy atom. The quantitative estimate of drug-likeness (QED) is 0.719. The molecule has 1 unspecified atom stereocenters. The van der Waals surface area contributed by atoms with Crippen molar-refractivity contribution in [3.8, 4) is 0 Å². The number of rotatable bonds is 6. The van der Waals surface area contributed by atoms with Gasteiger partial charge < -0.3 is 10.4 Å². The number of aryl methyl sites for hydroxylation is 1. The second-order valence-electron chi connectivity index (χ2n) is 6.68. The van der Waals surface area contributed by atoms with Crippen LogP contribution in [0.5, 0.6) is 0 Å². The van der Waals surface area contributed by atoms with Crippen LogP contribution < -0.4 is 5.32 Å². The highest BCUT2D eigenvalue weighted by Crippen LogP contribution is 2.19. The van der Waals surface area contributed by atoms with E-state index in [2.05, 4.69) is 10.4 Å². The fourth-order valence-electron chi connectivity index (χ4n) is 2.86. The summed E-state index contributed by atoms with van der Waals surface area (Å²) in [6.07, 6.45) is 4.04. The zero-order chi connectivity index (χ0) is 18.6. The summed E-state index contributed by atoms with van der Waals surface area (Å²) in [5.41, 5.74) is 2.21. The summed E-state index contributed by atoms with van der Waals surface area (Å²) in [5.74, 6) is -0.194. The first kappa shape index (κ1) is 17.9. The monoisotopic (exact) mass is 349 g/mol. The van der Waals surface area contributed by atoms with Gasteiger partial charge in [0.2, 0.25) is 0 Å². The van der Waals surface area contributed by atoms with Crippen molar-refractivity contribution < 1.29 is 9.90 Å². The Bertz CT molecular complexity index is 885. The maximum absolute atomic E-state index is 12.7. The molecule has 0 aliphatic heterocycles. The molecule has 5 heteroatoms. The lowest BCUT2D eigenvalue weighted by Crippen LogP contribution is -2.38. The zero-order valence-electron chi connectivity index (χ0n) is 15.0. The lowest BCUT2D eigenvalue weighted by molar-refractivity contribution is 0.0525. The molecule has 0 radical (unpaired) electrons. The van der Waals surface area contributed by atoms with Gasteiger partial charge in [0.1, 0.15) is 5.60 Å². The molecule has 1 aromatic heterocycles. The SMILES string of the molecule is Cn1cc(C(C)(O)CNC(=O)c2ccccc2Cc2ccccc2)cn1. The first-order valence-corrected chi connectivity index (χ1v) is 8.57. The predicted octanol–water partition coefficient (Wildman–Crippen LogP) is 2.65. The number of nitrogens with zero attached hydrogens (tertiary/aromatic N) is 2. The van der Waals surface area contributed by atoms with E-state index < -0.39 is 5.60 Å². The second-order valence-corrected chi connectivity index (χ2v) is 6.68. The van der Waals surface area contributed by atoms with Crippen molar-refractivity contribution >= 4 is 5.91 Å². The van der Waals surface area contributed by atoms with E-state index in [1.165, 1.54) is 0 Å². The van der Waals surface area contributed by atoms with Crippen molar-refractivity contribution in [2.24, 2.45) is 7.05 Å². The molecule has 1 amide bonds. The number of nitrogens with one attached hydrogen (secondary N) is 1. The van der Waals surface area contributed by atoms with Gasteiger partial charge in [0.05, 0.1) is 12.7 Å². The summed E-state index contributed by atoms with van der Waals surface area (Å²) in [5, 5.41) is 17.6. The molecule has 2 N–H and O–H groups in total. The first-order chi connectivity index (χ1) is 12.5. The molecule has 0 saturated carbocycles. The molecule has 0 bridgehead atoms. The van der Waals surface area contributed by atoms with E-state index in [1.54, 1.807) is 31.0 Å². The Kier molecular flexibility index (Phi) is 5.19. The standard InChI is InChI=1S/C21H23N3O2/c1-21(26,18-13-23-24(2)14-18)15-22-20(25)19-11-7-6-10-17(19)12-16-8-4-3-5-9-16/h3-11,13-14,26H,12,15H2,1-2H3,(H,22,25). The molecule has 0 aliphatic carbocycles. The summed E-state index contributed by atoms with van der Waals surface area (Å²) in [7, 11) is 1.79. The number of aromatic nitrogens is 2. The third kappa shape index (κ3) is 4.18. The van der Waals surface area contributed by atoms with E-state index in [4.69, 9.17) is 0 Å². The van der Waals surface area contributed by atoms with Crippen LogP contribution in [0, 0.1) is 0 Å². The minimum absolute atomic E-state index is 0.108. The van der Waals surface area contributed by atoms with Crippen LogP contribution in [0.4, 0.5) is 0 Å². The molecule has 1 heterocycles. The average molecular weight is 349 g/mol. The average Bonchev–Trinajstić information content (AvgIpc) is 3.09. The first-order valence-electron chi connectivity index (χ1n) is 8.57. The van der Waals surface area contributed by atoms with E-state index in [1.807, 2.05) is 54.6 Å². The summed E-state index contributed by atoms with van der Waals surface area (Å²) in [6, 6.07) is 17.6. The van der Waals surface area contributed by atoms with Crippen LogP contribution in [0.15, 0.2) is 67.0 Å². The molecular weight excluding hydrogens is 326 g/mol. The van der Waals surface area contributed by atoms with Gasteiger partial charge in [-0.1, -0.05) is 48.5 Å². The smallest absolute Gasteiger partial charge is 0.251 e. The van der Waals surface area contributed by atoms with Gasteiger partial charge in [-0.05, 0) is 30.5 Å². The number of carbonyl (C=O) groups excluding carboxylic acids is 1. The molecule has 2 aromatic carbocycles. The Labute approximate surface area is 153 Å². The molecular formula is C21H23N3O2. The summed E-state index contributed by atoms with van der Waals surface area (Å²) >= 11 is 0. The van der Waals surface area contributed by atoms with E-state index in [0.29, 0.717) is 17.5 Å². The van der Waals surface area contributed by atoms with Gasteiger partial charge in [-0.2, -0.15) is 5.10 Å². The van der Waals surface area contributed by atoms with Crippen LogP contribution in [-0.4, -0.2) is 27.3 Å². The Balaban J connectivity index is 1.72. The molecule has 0 saturated heterocycles. The van der Waals surface area contributed by atoms with Gasteiger partial charge in [-0.15, -0.1) is 0 Å². The molecule has 1 atom stereocenters. The van der Waals surface area contributed by atoms with Crippen molar-refractivity contribution in [3.05, 3.63) is 89.2 Å². The van der Waals surface area contributed by atoms with Crippen molar-refractivity contribution in [1.82, 2.24) is 15.1 Å². The highest BCUT2D eigenvalue weighted by atomic mass is 16.3. The topological polar surface area (TPSA) is 67.2 Å². The largest absolute Gasteiger partial charge is 0.383 e. The molecule has 5 nitrogen and oxygen atoms in total. The van der Waals surface area contributed by atoms with E-state index >= 15 is 0 Å². The third-order valence-corrected chi connectivity index (χ3v) is 4.42. The number of hydrogen-bond donors (Lipinski definition) is 2. The van der Waals surface area contributed by atoms with Gasteiger partial charge in [-0.3, -0.25) is 9.48 Å². The maximum atomic E-state index is 12.7. The predicted molar refractivity (Wildman–Crippen MR) is 101 cm³/mol. The lowest BCUT2D eigenvalue weighted by Gasteiger charge is -2.22. The normalized spacial score (nSPS) is 13.2. The van der Waals surface area contributed by atoms with Crippen LogP contribution >= 0.6 is 0 Å². The van der Waals surface area contributed by atoms with Crippen molar-refractivity contribution in [3.63, 3.8) is 0 Å². The van der Waals surface area contributed by atoms with Gasteiger partial charge >= 0.3 is 0 Å². The zero-order valence-corrected chi connectivity index (χ0v) is 15.0. The number of amides is 1. The highest BCUT2D eigenvalue weighted by molar-refractivity contribution is 5.95. The number of aliphatic hydroxyl groups is 1. The van der Waals surface area contributed by atoms with E-state index in [-0.39, 0.29) is 12.5 Å². The Morgan fingerprint density at radius 3 is 2.54 bits per heavy atom. The minimum Gasteiger partial charge on any atom is -0.383 e. The number of benzene rings is 2. The van der Waals surface area contributed by atoms with Crippen molar-refractivity contribution in [1.29, 1.82) is 0 Å². The Hall–Kier alpha value is -2.92. The molecule has 26 heavy (non-hydrogen) atoms. The van der Waals surface area contributed by atoms with Crippen LogP contribution in [0.1, 0.15) is 34.0 Å². The molecule has 3 aromatic rings. The number of hydrogen-bond acceptors (Lipinski definition) is 3. The molecule has 0 spiro atoms. The fraction of sp³-hybridized carbons (Fsp3) is 0.238. The maximum Gasteiger partial charge on any atom is 0.251 e. The van der Waals surface area contributed by atoms with Gasteiger partial charge in [0.15, 0.2) is 0 Å². The molecule has 0 fully saturated rings. The van der Waals surface area contributed by atoms with Gasteiger partial charge in [0, 0.05) is 24.4 Å². The third-order valence-electron chi connectivity index (χ3n) is 4.42. The number of carbonyl (C=O) groups is 1. The van der Waals surface area contributed by atoms with Crippen LogP contribution in [0.2, 0.25) is 0 Å². The summed E-state index contributed by atoms with van der Waals surface area (Å²) in [6.45, 7) is 1.78. The van der Waals surface area contributed by atoms with Gasteiger partial charge in [-0.25, -0.2) is 0 Å². The summed E-state index contributed by atoms with van der Waals surface area (Å²) < 4.78 is 1.63. The van der Waals surface area contributed by atoms with Crippen molar-refractivity contribution in [2.45, 2.75) is 18.9 Å². The highest BCUT2D eigenvalue weighted by Gasteiger charge is 2.26. The lowest BCUT2D eigenvalue weighted by atomic mass is 9.97. The minimum atomic E-state index is -1.18. The van der Waals surface area contributed by atoms with Crippen LogP contribution in [0.25, 0.3) is 0 Å². The van der Waals surface area contributed by atoms with Crippen LogP contribution in [-0.2, 0) is 19.1 Å². The summed E-state index contributed by atoms with van der Waals surface area (Å²) in [4.78, 5) is 12.7. The molecule has 134 valence electrons.